The van der Waals surface area contributed by atoms with Crippen molar-refractivity contribution in [3.05, 3.63) is 53.8 Å². The lowest BCUT2D eigenvalue weighted by molar-refractivity contribution is 0.102. The second-order valence-electron chi connectivity index (χ2n) is 7.62. The monoisotopic (exact) mass is 494 g/mol. The first-order valence-electron chi connectivity index (χ1n) is 10.3. The molecule has 0 aromatic carbocycles. The van der Waals surface area contributed by atoms with E-state index in [1.54, 1.807) is 30.3 Å². The van der Waals surface area contributed by atoms with E-state index >= 15 is 0 Å². The number of nitrogens with zero attached hydrogens (tertiary/aromatic N) is 7. The van der Waals surface area contributed by atoms with Crippen molar-refractivity contribution in [2.24, 2.45) is 12.0 Å². The summed E-state index contributed by atoms with van der Waals surface area (Å²) in [5.41, 5.74) is 4.57. The number of carbonyl (C=O) groups excluding carboxylic acids is 1. The number of fused-ring (bicyclic) bond motifs is 1. The maximum absolute atomic E-state index is 13.3. The highest BCUT2D eigenvalue weighted by Gasteiger charge is 2.25. The molecule has 1 aliphatic rings. The highest BCUT2D eigenvalue weighted by molar-refractivity contribution is 7.21. The summed E-state index contributed by atoms with van der Waals surface area (Å²) in [4.78, 5) is 35.8. The lowest BCUT2D eigenvalue weighted by Gasteiger charge is -2.22. The van der Waals surface area contributed by atoms with Gasteiger partial charge in [-0.15, -0.1) is 0 Å². The number of aryl methyl sites for hydroxylation is 2. The van der Waals surface area contributed by atoms with Gasteiger partial charge in [-0.2, -0.15) is 10.1 Å². The van der Waals surface area contributed by atoms with Crippen LogP contribution in [0, 0.1) is 6.92 Å². The van der Waals surface area contributed by atoms with Gasteiger partial charge in [0.05, 0.1) is 30.2 Å². The van der Waals surface area contributed by atoms with Gasteiger partial charge in [-0.25, -0.2) is 9.97 Å². The lowest BCUT2D eigenvalue weighted by atomic mass is 9.94. The maximum atomic E-state index is 13.3. The summed E-state index contributed by atoms with van der Waals surface area (Å²) in [5, 5.41) is 7.76. The zero-order valence-electron chi connectivity index (χ0n) is 18.5. The number of pyridine rings is 1. The van der Waals surface area contributed by atoms with Gasteiger partial charge in [0.15, 0.2) is 15.6 Å². The molecule has 12 heteroatoms. The van der Waals surface area contributed by atoms with Gasteiger partial charge in [0.1, 0.15) is 11.3 Å². The Morgan fingerprint density at radius 3 is 2.88 bits per heavy atom. The van der Waals surface area contributed by atoms with Gasteiger partial charge in [-0.3, -0.25) is 24.8 Å². The molecule has 0 aliphatic carbocycles. The van der Waals surface area contributed by atoms with Gasteiger partial charge < -0.3 is 4.74 Å². The topological polar surface area (TPSA) is 120 Å². The molecule has 0 bridgehead atoms. The first-order chi connectivity index (χ1) is 16.4. The maximum Gasteiger partial charge on any atom is 0.259 e. The smallest absolute Gasteiger partial charge is 0.259 e. The quantitative estimate of drug-likeness (QED) is 0.450. The summed E-state index contributed by atoms with van der Waals surface area (Å²) in [6.45, 7) is 2.23. The van der Waals surface area contributed by atoms with E-state index in [4.69, 9.17) is 16.3 Å². The van der Waals surface area contributed by atoms with Crippen LogP contribution in [-0.4, -0.2) is 60.6 Å². The van der Waals surface area contributed by atoms with Crippen molar-refractivity contribution in [3.8, 4) is 11.3 Å². The Bertz CT molecular complexity index is 1470. The molecule has 0 radical (unpaired) electrons. The molecule has 4 aromatic rings. The third-order valence-corrected chi connectivity index (χ3v) is 6.34. The molecule has 1 atom stereocenters. The number of amides is 1. The van der Waals surface area contributed by atoms with E-state index in [0.717, 1.165) is 16.8 Å². The van der Waals surface area contributed by atoms with Crippen molar-refractivity contribution >= 4 is 55.2 Å². The standard InChI is InChI=1S/C22H19ClN8O2S/c1-11-4-13(14-5-18(23)25-9-17(14)33-3)15(7-24-11)20(32)30-22-29-19-21(34-22)28-16(8-26-19)12-6-27-31(2)10-12/h4-8,10,17H,9H2,1-3H3,(H,26,29,30,32). The first kappa shape index (κ1) is 22.3. The number of nitrogens with one attached hydrogen (secondary N) is 1. The van der Waals surface area contributed by atoms with E-state index in [9.17, 15) is 4.79 Å². The van der Waals surface area contributed by atoms with Crippen LogP contribution < -0.4 is 5.32 Å². The molecule has 172 valence electrons. The Labute approximate surface area is 203 Å². The molecule has 1 unspecified atom stereocenters. The second-order valence-corrected chi connectivity index (χ2v) is 8.98. The van der Waals surface area contributed by atoms with E-state index < -0.39 is 0 Å². The minimum absolute atomic E-state index is 0.322. The number of methoxy groups -OCH3 is 1. The largest absolute Gasteiger partial charge is 0.375 e. The van der Waals surface area contributed by atoms with E-state index in [1.165, 1.54) is 17.5 Å². The number of aromatic nitrogens is 6. The number of dihydropyridines is 1. The SMILES string of the molecule is COC1CN=C(Cl)C=C1c1cc(C)ncc1C(=O)Nc1nc2ncc(-c3cnn(C)c3)nc2s1. The average Bonchev–Trinajstić information content (AvgIpc) is 3.43. The Morgan fingerprint density at radius 2 is 2.12 bits per heavy atom. The Hall–Kier alpha value is -3.54. The van der Waals surface area contributed by atoms with Gasteiger partial charge in [0.2, 0.25) is 0 Å². The fraction of sp³-hybridized carbons (Fsp3) is 0.227. The van der Waals surface area contributed by atoms with Crippen molar-refractivity contribution in [2.75, 3.05) is 19.0 Å². The number of hydrogen-bond donors (Lipinski definition) is 1. The predicted molar refractivity (Wildman–Crippen MR) is 131 cm³/mol. The second kappa shape index (κ2) is 9.01. The molecule has 1 amide bonds. The molecule has 1 aliphatic heterocycles. The van der Waals surface area contributed by atoms with Crippen LogP contribution in [0.1, 0.15) is 21.6 Å². The Morgan fingerprint density at radius 1 is 1.26 bits per heavy atom. The summed E-state index contributed by atoms with van der Waals surface area (Å²) < 4.78 is 7.27. The minimum Gasteiger partial charge on any atom is -0.375 e. The van der Waals surface area contributed by atoms with Crippen molar-refractivity contribution in [1.82, 2.24) is 29.7 Å². The summed E-state index contributed by atoms with van der Waals surface area (Å²) in [6.07, 6.45) is 8.15. The number of hydrogen-bond acceptors (Lipinski definition) is 9. The number of thiazole rings is 1. The number of allylic oxidation sites excluding steroid dienone is 1. The van der Waals surface area contributed by atoms with Crippen LogP contribution in [0.25, 0.3) is 27.3 Å². The highest BCUT2D eigenvalue weighted by Crippen LogP contribution is 2.30. The minimum atomic E-state index is -0.358. The fourth-order valence-electron chi connectivity index (χ4n) is 3.60. The van der Waals surface area contributed by atoms with E-state index in [2.05, 4.69) is 35.3 Å². The van der Waals surface area contributed by atoms with Crippen molar-refractivity contribution in [1.29, 1.82) is 0 Å². The predicted octanol–water partition coefficient (Wildman–Crippen LogP) is 3.49. The van der Waals surface area contributed by atoms with E-state index in [1.807, 2.05) is 26.2 Å². The van der Waals surface area contributed by atoms with Crippen molar-refractivity contribution in [3.63, 3.8) is 0 Å². The lowest BCUT2D eigenvalue weighted by Crippen LogP contribution is -2.24. The number of aliphatic imine (C=N–C) groups is 1. The molecule has 1 N–H and O–H groups in total. The zero-order valence-corrected chi connectivity index (χ0v) is 20.1. The zero-order chi connectivity index (χ0) is 23.8. The molecule has 0 spiro atoms. The molecule has 0 fully saturated rings. The van der Waals surface area contributed by atoms with Gasteiger partial charge in [0, 0.05) is 37.8 Å². The summed E-state index contributed by atoms with van der Waals surface area (Å²) >= 11 is 7.41. The van der Waals surface area contributed by atoms with Gasteiger partial charge in [-0.1, -0.05) is 22.9 Å². The molecular weight excluding hydrogens is 476 g/mol. The molecule has 5 rings (SSSR count). The number of anilines is 1. The van der Waals surface area contributed by atoms with Crippen LogP contribution in [-0.2, 0) is 11.8 Å². The molecule has 4 aromatic heterocycles. The molecule has 5 heterocycles. The van der Waals surface area contributed by atoms with Crippen LogP contribution in [0.2, 0.25) is 0 Å². The highest BCUT2D eigenvalue weighted by atomic mass is 35.5. The number of carbonyl (C=O) groups is 1. The van der Waals surface area contributed by atoms with Gasteiger partial charge in [0.25, 0.3) is 5.91 Å². The Balaban J connectivity index is 1.46. The Kier molecular flexibility index (Phi) is 5.90. The first-order valence-corrected chi connectivity index (χ1v) is 11.5. The van der Waals surface area contributed by atoms with E-state index in [0.29, 0.717) is 44.1 Å². The molecule has 0 saturated carbocycles. The number of halogens is 1. The number of ether oxygens (including phenoxy) is 1. The number of rotatable bonds is 5. The molecule has 0 saturated heterocycles. The third-order valence-electron chi connectivity index (χ3n) is 5.25. The summed E-state index contributed by atoms with van der Waals surface area (Å²) in [7, 11) is 3.44. The van der Waals surface area contributed by atoms with Crippen LogP contribution in [0.15, 0.2) is 41.9 Å². The normalized spacial score (nSPS) is 15.8. The van der Waals surface area contributed by atoms with Gasteiger partial charge in [-0.05, 0) is 30.2 Å². The molecule has 10 nitrogen and oxygen atoms in total. The van der Waals surface area contributed by atoms with Crippen LogP contribution >= 0.6 is 22.9 Å². The van der Waals surface area contributed by atoms with Crippen LogP contribution in [0.5, 0.6) is 0 Å². The van der Waals surface area contributed by atoms with Gasteiger partial charge >= 0.3 is 0 Å². The summed E-state index contributed by atoms with van der Waals surface area (Å²) in [5.74, 6) is -0.358. The van der Waals surface area contributed by atoms with Crippen molar-refractivity contribution < 1.29 is 9.53 Å². The molecule has 34 heavy (non-hydrogen) atoms. The van der Waals surface area contributed by atoms with E-state index in [-0.39, 0.29) is 12.0 Å². The molecular formula is C22H19ClN8O2S. The fourth-order valence-corrected chi connectivity index (χ4v) is 4.58. The van der Waals surface area contributed by atoms with Crippen LogP contribution in [0.4, 0.5) is 5.13 Å². The van der Waals surface area contributed by atoms with Crippen LogP contribution in [0.3, 0.4) is 0 Å². The third kappa shape index (κ3) is 4.32. The summed E-state index contributed by atoms with van der Waals surface area (Å²) in [6, 6.07) is 1.84. The van der Waals surface area contributed by atoms with Crippen molar-refractivity contribution in [2.45, 2.75) is 13.0 Å². The average molecular weight is 495 g/mol.